The first kappa shape index (κ1) is 21.1. The smallest absolute Gasteiger partial charge is 0.264 e. The van der Waals surface area contributed by atoms with Crippen LogP contribution in [0.1, 0.15) is 24.8 Å². The third kappa shape index (κ3) is 4.63. The number of nitriles is 1. The van der Waals surface area contributed by atoms with Crippen LogP contribution in [0.4, 0.5) is 11.8 Å². The van der Waals surface area contributed by atoms with E-state index in [1.807, 2.05) is 4.90 Å². The van der Waals surface area contributed by atoms with Crippen LogP contribution in [0, 0.1) is 11.3 Å². The first-order chi connectivity index (χ1) is 15.0. The monoisotopic (exact) mass is 453 g/mol. The standard InChI is InChI=1S/C22H20ClN5O2S/c23-17-11-9-16(10-12-17)20-19(15-24)21(28-13-5-2-6-14-28)26-22(25-20)27-31(29,30)18-7-3-1-4-8-18/h1,3-4,7-12H,2,5-6,13-14H2,(H,25,26,27). The topological polar surface area (TPSA) is 99.0 Å². The molecule has 9 heteroatoms. The van der Waals surface area contributed by atoms with Crippen molar-refractivity contribution < 1.29 is 8.42 Å². The fourth-order valence-corrected chi connectivity index (χ4v) is 4.62. The Morgan fingerprint density at radius 3 is 2.29 bits per heavy atom. The van der Waals surface area contributed by atoms with Crippen molar-refractivity contribution in [3.63, 3.8) is 0 Å². The molecule has 0 amide bonds. The first-order valence-electron chi connectivity index (χ1n) is 9.89. The summed E-state index contributed by atoms with van der Waals surface area (Å²) < 4.78 is 28.2. The summed E-state index contributed by atoms with van der Waals surface area (Å²) in [6.45, 7) is 1.49. The maximum atomic E-state index is 12.8. The summed E-state index contributed by atoms with van der Waals surface area (Å²) in [5, 5.41) is 10.5. The number of halogens is 1. The highest BCUT2D eigenvalue weighted by Gasteiger charge is 2.24. The Morgan fingerprint density at radius 2 is 1.65 bits per heavy atom. The Balaban J connectivity index is 1.84. The lowest BCUT2D eigenvalue weighted by molar-refractivity contribution is 0.573. The van der Waals surface area contributed by atoms with E-state index < -0.39 is 10.0 Å². The maximum absolute atomic E-state index is 12.8. The third-order valence-corrected chi connectivity index (χ3v) is 6.65. The van der Waals surface area contributed by atoms with Crippen LogP contribution in [0.2, 0.25) is 5.02 Å². The van der Waals surface area contributed by atoms with Gasteiger partial charge < -0.3 is 4.90 Å². The van der Waals surface area contributed by atoms with Crippen LogP contribution in [0.15, 0.2) is 59.5 Å². The first-order valence-corrected chi connectivity index (χ1v) is 11.7. The summed E-state index contributed by atoms with van der Waals surface area (Å²) in [5.74, 6) is 0.362. The summed E-state index contributed by atoms with van der Waals surface area (Å²) in [4.78, 5) is 11.0. The van der Waals surface area contributed by atoms with E-state index >= 15 is 0 Å². The molecule has 1 aliphatic rings. The lowest BCUT2D eigenvalue weighted by Gasteiger charge is -2.29. The number of rotatable bonds is 5. The highest BCUT2D eigenvalue weighted by atomic mass is 35.5. The van der Waals surface area contributed by atoms with Gasteiger partial charge in [-0.2, -0.15) is 10.2 Å². The second-order valence-corrected chi connectivity index (χ2v) is 9.30. The van der Waals surface area contributed by atoms with Gasteiger partial charge in [-0.25, -0.2) is 18.1 Å². The number of nitrogens with one attached hydrogen (secondary N) is 1. The van der Waals surface area contributed by atoms with Gasteiger partial charge in [-0.05, 0) is 43.5 Å². The molecule has 0 spiro atoms. The van der Waals surface area contributed by atoms with Crippen molar-refractivity contribution in [1.29, 1.82) is 5.26 Å². The maximum Gasteiger partial charge on any atom is 0.264 e. The van der Waals surface area contributed by atoms with Crippen molar-refractivity contribution in [2.24, 2.45) is 0 Å². The van der Waals surface area contributed by atoms with Gasteiger partial charge in [-0.1, -0.05) is 41.9 Å². The number of nitrogens with zero attached hydrogens (tertiary/aromatic N) is 4. The zero-order valence-corrected chi connectivity index (χ0v) is 18.2. The molecule has 158 valence electrons. The second-order valence-electron chi connectivity index (χ2n) is 7.18. The molecule has 2 heterocycles. The molecule has 31 heavy (non-hydrogen) atoms. The van der Waals surface area contributed by atoms with Crippen molar-refractivity contribution in [3.8, 4) is 17.3 Å². The quantitative estimate of drug-likeness (QED) is 0.612. The van der Waals surface area contributed by atoms with Crippen LogP contribution in [-0.2, 0) is 10.0 Å². The summed E-state index contributed by atoms with van der Waals surface area (Å²) in [6, 6.07) is 17.2. The molecule has 0 bridgehead atoms. The molecule has 0 radical (unpaired) electrons. The molecule has 4 rings (SSSR count). The Kier molecular flexibility index (Phi) is 6.07. The molecular formula is C22H20ClN5O2S. The molecule has 1 saturated heterocycles. The fraction of sp³-hybridized carbons (Fsp3) is 0.227. The van der Waals surface area contributed by atoms with Gasteiger partial charge in [0, 0.05) is 23.7 Å². The van der Waals surface area contributed by atoms with Gasteiger partial charge in [-0.3, -0.25) is 0 Å². The predicted octanol–water partition coefficient (Wildman–Crippen LogP) is 4.46. The SMILES string of the molecule is N#Cc1c(-c2ccc(Cl)cc2)nc(NS(=O)(=O)c2ccccc2)nc1N1CCCCC1. The van der Waals surface area contributed by atoms with Gasteiger partial charge in [0.05, 0.1) is 10.6 Å². The summed E-state index contributed by atoms with van der Waals surface area (Å²) in [6.07, 6.45) is 3.08. The Bertz CT molecular complexity index is 1220. The number of hydrogen-bond donors (Lipinski definition) is 1. The van der Waals surface area contributed by atoms with Crippen molar-refractivity contribution in [1.82, 2.24) is 9.97 Å². The van der Waals surface area contributed by atoms with Gasteiger partial charge in [0.15, 0.2) is 5.82 Å². The summed E-state index contributed by atoms with van der Waals surface area (Å²) in [5.41, 5.74) is 1.33. The van der Waals surface area contributed by atoms with E-state index in [1.54, 1.807) is 42.5 Å². The number of piperidine rings is 1. The molecule has 0 atom stereocenters. The molecule has 0 unspecified atom stereocenters. The van der Waals surface area contributed by atoms with E-state index in [-0.39, 0.29) is 10.8 Å². The Hall–Kier alpha value is -3.15. The van der Waals surface area contributed by atoms with Crippen LogP contribution >= 0.6 is 11.6 Å². The summed E-state index contributed by atoms with van der Waals surface area (Å²) in [7, 11) is -3.88. The summed E-state index contributed by atoms with van der Waals surface area (Å²) >= 11 is 6.01. The molecule has 3 aromatic rings. The average Bonchev–Trinajstić information content (AvgIpc) is 2.80. The lowest BCUT2D eigenvalue weighted by Crippen LogP contribution is -2.31. The van der Waals surface area contributed by atoms with E-state index in [4.69, 9.17) is 11.6 Å². The minimum absolute atomic E-state index is 0.0756. The van der Waals surface area contributed by atoms with Crippen molar-refractivity contribution >= 4 is 33.4 Å². The fourth-order valence-electron chi connectivity index (χ4n) is 3.53. The van der Waals surface area contributed by atoms with Gasteiger partial charge in [-0.15, -0.1) is 0 Å². The highest BCUT2D eigenvalue weighted by Crippen LogP contribution is 2.32. The minimum Gasteiger partial charge on any atom is -0.355 e. The zero-order valence-electron chi connectivity index (χ0n) is 16.6. The average molecular weight is 454 g/mol. The molecule has 1 N–H and O–H groups in total. The van der Waals surface area contributed by atoms with Gasteiger partial charge in [0.2, 0.25) is 5.95 Å². The lowest BCUT2D eigenvalue weighted by atomic mass is 10.1. The number of benzene rings is 2. The van der Waals surface area contributed by atoms with E-state index in [2.05, 4.69) is 20.8 Å². The molecule has 0 saturated carbocycles. The molecule has 1 aromatic heterocycles. The molecule has 2 aromatic carbocycles. The molecule has 1 aliphatic heterocycles. The number of aromatic nitrogens is 2. The van der Waals surface area contributed by atoms with Gasteiger partial charge in [0.1, 0.15) is 11.6 Å². The largest absolute Gasteiger partial charge is 0.355 e. The number of hydrogen-bond acceptors (Lipinski definition) is 6. The third-order valence-electron chi connectivity index (χ3n) is 5.05. The van der Waals surface area contributed by atoms with Crippen LogP contribution in [0.25, 0.3) is 11.3 Å². The minimum atomic E-state index is -3.88. The van der Waals surface area contributed by atoms with Crippen LogP contribution in [0.5, 0.6) is 0 Å². The molecule has 1 fully saturated rings. The van der Waals surface area contributed by atoms with Gasteiger partial charge >= 0.3 is 0 Å². The second kappa shape index (κ2) is 8.92. The van der Waals surface area contributed by atoms with Crippen molar-refractivity contribution in [3.05, 3.63) is 65.2 Å². The molecule has 7 nitrogen and oxygen atoms in total. The number of sulfonamides is 1. The predicted molar refractivity (Wildman–Crippen MR) is 121 cm³/mol. The zero-order chi connectivity index (χ0) is 21.8. The number of anilines is 2. The van der Waals surface area contributed by atoms with E-state index in [9.17, 15) is 13.7 Å². The van der Waals surface area contributed by atoms with Crippen molar-refractivity contribution in [2.75, 3.05) is 22.7 Å². The Morgan fingerprint density at radius 1 is 0.968 bits per heavy atom. The Labute approximate surface area is 186 Å². The molecular weight excluding hydrogens is 434 g/mol. The van der Waals surface area contributed by atoms with Crippen molar-refractivity contribution in [2.45, 2.75) is 24.2 Å². The van der Waals surface area contributed by atoms with E-state index in [0.717, 1.165) is 32.4 Å². The van der Waals surface area contributed by atoms with Gasteiger partial charge in [0.25, 0.3) is 10.0 Å². The highest BCUT2D eigenvalue weighted by molar-refractivity contribution is 7.92. The van der Waals surface area contributed by atoms with Crippen LogP contribution in [-0.4, -0.2) is 31.5 Å². The van der Waals surface area contributed by atoms with Crippen LogP contribution < -0.4 is 9.62 Å². The normalized spacial score (nSPS) is 14.1. The van der Waals surface area contributed by atoms with E-state index in [1.165, 1.54) is 12.1 Å². The molecule has 0 aliphatic carbocycles. The van der Waals surface area contributed by atoms with Crippen LogP contribution in [0.3, 0.4) is 0 Å². The van der Waals surface area contributed by atoms with E-state index in [0.29, 0.717) is 27.7 Å².